The summed E-state index contributed by atoms with van der Waals surface area (Å²) >= 11 is 0. The molecular formula is C27H35N5O8. The molecule has 1 saturated carbocycles. The van der Waals surface area contributed by atoms with E-state index in [1.807, 2.05) is 18.2 Å². The van der Waals surface area contributed by atoms with Gasteiger partial charge in [-0.25, -0.2) is 14.4 Å². The number of benzene rings is 1. The smallest absolute Gasteiger partial charge is 0.413 e. The normalized spacial score (nSPS) is 16.5. The summed E-state index contributed by atoms with van der Waals surface area (Å²) in [5, 5.41) is 5.17. The number of esters is 1. The maximum atomic E-state index is 13.3. The van der Waals surface area contributed by atoms with E-state index >= 15 is 0 Å². The summed E-state index contributed by atoms with van der Waals surface area (Å²) in [6, 6.07) is 9.46. The van der Waals surface area contributed by atoms with Gasteiger partial charge in [-0.3, -0.25) is 19.5 Å². The van der Waals surface area contributed by atoms with E-state index in [0.717, 1.165) is 10.1 Å². The first kappa shape index (κ1) is 30.1. The van der Waals surface area contributed by atoms with Crippen molar-refractivity contribution in [3.8, 4) is 0 Å². The van der Waals surface area contributed by atoms with Crippen LogP contribution in [0.3, 0.4) is 0 Å². The highest BCUT2D eigenvalue weighted by Crippen LogP contribution is 2.25. The molecule has 0 bridgehead atoms. The topological polar surface area (TPSA) is 158 Å². The van der Waals surface area contributed by atoms with Gasteiger partial charge >= 0.3 is 23.8 Å². The Bertz CT molecular complexity index is 1260. The van der Waals surface area contributed by atoms with E-state index in [1.54, 1.807) is 32.9 Å². The molecule has 0 radical (unpaired) electrons. The molecule has 1 aromatic heterocycles. The Morgan fingerprint density at radius 3 is 2.45 bits per heavy atom. The molecule has 2 N–H and O–H groups in total. The van der Waals surface area contributed by atoms with Crippen molar-refractivity contribution < 1.29 is 33.4 Å². The minimum absolute atomic E-state index is 0.0409. The van der Waals surface area contributed by atoms with Crippen molar-refractivity contribution in [2.75, 3.05) is 19.0 Å². The molecule has 1 aliphatic carbocycles. The summed E-state index contributed by atoms with van der Waals surface area (Å²) in [6.07, 6.45) is 1.71. The maximum absolute atomic E-state index is 13.3. The van der Waals surface area contributed by atoms with Crippen LogP contribution in [-0.4, -0.2) is 69.9 Å². The molecule has 40 heavy (non-hydrogen) atoms. The lowest BCUT2D eigenvalue weighted by Crippen LogP contribution is -2.54. The second-order valence-corrected chi connectivity index (χ2v) is 10.3. The van der Waals surface area contributed by atoms with E-state index in [-0.39, 0.29) is 19.0 Å². The molecule has 2 atom stereocenters. The number of methoxy groups -OCH3 is 1. The monoisotopic (exact) mass is 557 g/mol. The first-order chi connectivity index (χ1) is 18.9. The van der Waals surface area contributed by atoms with Crippen LogP contribution in [0.4, 0.5) is 15.4 Å². The van der Waals surface area contributed by atoms with Gasteiger partial charge in [0.25, 0.3) is 0 Å². The molecule has 0 saturated heterocycles. The number of anilines is 1. The molecule has 1 heterocycles. The highest BCUT2D eigenvalue weighted by molar-refractivity contribution is 5.83. The van der Waals surface area contributed by atoms with Crippen molar-refractivity contribution in [2.45, 2.75) is 70.9 Å². The summed E-state index contributed by atoms with van der Waals surface area (Å²) < 4.78 is 16.3. The van der Waals surface area contributed by atoms with Gasteiger partial charge in [-0.15, -0.1) is 0 Å². The van der Waals surface area contributed by atoms with Gasteiger partial charge in [0, 0.05) is 6.20 Å². The average Bonchev–Trinajstić information content (AvgIpc) is 3.34. The predicted molar refractivity (Wildman–Crippen MR) is 143 cm³/mol. The van der Waals surface area contributed by atoms with Crippen molar-refractivity contribution in [1.29, 1.82) is 0 Å². The molecule has 0 spiro atoms. The van der Waals surface area contributed by atoms with E-state index < -0.39 is 54.0 Å². The third kappa shape index (κ3) is 9.10. The lowest BCUT2D eigenvalue weighted by Gasteiger charge is -2.33. The number of ether oxygens (including phenoxy) is 3. The van der Waals surface area contributed by atoms with Gasteiger partial charge in [-0.05, 0) is 51.7 Å². The molecule has 216 valence electrons. The number of carbonyl (C=O) groups excluding carboxylic acids is 4. The standard InChI is InChI=1S/C27H35N5O8/c1-27(2,3)40-26(37)28-19-11-8-12-20(19)32(16-23(34)38-4)22(33)15-31-14-13-21(29-24(31)35)30-25(36)39-17-18-9-6-5-7-10-18/h5-7,9-10,13-14,19-20H,8,11-12,15-17H2,1-4H3,(H,28,37)(H,29,30,35,36)/t19-,20-/m0/s1. The Morgan fingerprint density at radius 1 is 1.07 bits per heavy atom. The molecule has 2 aromatic rings. The van der Waals surface area contributed by atoms with Gasteiger partial charge in [0.15, 0.2) is 0 Å². The Labute approximate surface area is 231 Å². The first-order valence-corrected chi connectivity index (χ1v) is 12.9. The quantitative estimate of drug-likeness (QED) is 0.349. The molecule has 0 aliphatic heterocycles. The number of hydrogen-bond acceptors (Lipinski definition) is 9. The third-order valence-electron chi connectivity index (χ3n) is 6.05. The molecule has 13 heteroatoms. The van der Waals surface area contributed by atoms with Gasteiger partial charge in [-0.2, -0.15) is 4.98 Å². The molecule has 13 nitrogen and oxygen atoms in total. The fraction of sp³-hybridized carbons (Fsp3) is 0.481. The fourth-order valence-electron chi connectivity index (χ4n) is 4.25. The van der Waals surface area contributed by atoms with Crippen LogP contribution in [0.25, 0.3) is 0 Å². The lowest BCUT2D eigenvalue weighted by atomic mass is 10.1. The first-order valence-electron chi connectivity index (χ1n) is 12.9. The van der Waals surface area contributed by atoms with Crippen molar-refractivity contribution >= 4 is 29.9 Å². The summed E-state index contributed by atoms with van der Waals surface area (Å²) in [6.45, 7) is 4.49. The Kier molecular flexibility index (Phi) is 10.2. The molecule has 1 fully saturated rings. The SMILES string of the molecule is COC(=O)CN(C(=O)Cn1ccc(NC(=O)OCc2ccccc2)nc1=O)[C@H]1CCC[C@@H]1NC(=O)OC(C)(C)C. The Hall–Kier alpha value is -4.42. The summed E-state index contributed by atoms with van der Waals surface area (Å²) in [4.78, 5) is 67.7. The number of aromatic nitrogens is 2. The molecule has 0 unspecified atom stereocenters. The van der Waals surface area contributed by atoms with Crippen LogP contribution in [0.15, 0.2) is 47.4 Å². The number of nitrogens with zero attached hydrogens (tertiary/aromatic N) is 3. The zero-order valence-electron chi connectivity index (χ0n) is 23.0. The molecule has 1 aromatic carbocycles. The average molecular weight is 558 g/mol. The largest absolute Gasteiger partial charge is 0.468 e. The van der Waals surface area contributed by atoms with Gasteiger partial charge < -0.3 is 24.4 Å². The Morgan fingerprint density at radius 2 is 1.80 bits per heavy atom. The highest BCUT2D eigenvalue weighted by Gasteiger charge is 2.37. The molecule has 1 aliphatic rings. The summed E-state index contributed by atoms with van der Waals surface area (Å²) in [5.41, 5.74) is -0.697. The minimum Gasteiger partial charge on any atom is -0.468 e. The number of rotatable bonds is 9. The minimum atomic E-state index is -0.793. The van der Waals surface area contributed by atoms with Crippen molar-refractivity contribution in [3.05, 3.63) is 58.6 Å². The van der Waals surface area contributed by atoms with E-state index in [9.17, 15) is 24.0 Å². The van der Waals surface area contributed by atoms with Crippen LogP contribution >= 0.6 is 0 Å². The van der Waals surface area contributed by atoms with Crippen molar-refractivity contribution in [1.82, 2.24) is 19.8 Å². The zero-order chi connectivity index (χ0) is 29.3. The second-order valence-electron chi connectivity index (χ2n) is 10.3. The van der Waals surface area contributed by atoms with Gasteiger partial charge in [0.1, 0.15) is 31.1 Å². The summed E-state index contributed by atoms with van der Waals surface area (Å²) in [5.74, 6) is -1.23. The van der Waals surface area contributed by atoms with Crippen LogP contribution in [0.2, 0.25) is 0 Å². The Balaban J connectivity index is 1.66. The molecular weight excluding hydrogens is 522 g/mol. The van der Waals surface area contributed by atoms with Gasteiger partial charge in [0.05, 0.1) is 19.2 Å². The van der Waals surface area contributed by atoms with E-state index in [2.05, 4.69) is 15.6 Å². The number of carbonyl (C=O) groups is 4. The van der Waals surface area contributed by atoms with Crippen molar-refractivity contribution in [2.24, 2.45) is 0 Å². The van der Waals surface area contributed by atoms with E-state index in [1.165, 1.54) is 24.3 Å². The van der Waals surface area contributed by atoms with E-state index in [4.69, 9.17) is 14.2 Å². The number of alkyl carbamates (subject to hydrolysis) is 1. The number of nitrogens with one attached hydrogen (secondary N) is 2. The second kappa shape index (κ2) is 13.6. The van der Waals surface area contributed by atoms with Crippen LogP contribution in [-0.2, 0) is 37.0 Å². The van der Waals surface area contributed by atoms with Crippen molar-refractivity contribution in [3.63, 3.8) is 0 Å². The fourth-order valence-corrected chi connectivity index (χ4v) is 4.25. The molecule has 3 rings (SSSR count). The van der Waals surface area contributed by atoms with Crippen LogP contribution in [0, 0.1) is 0 Å². The summed E-state index contributed by atoms with van der Waals surface area (Å²) in [7, 11) is 1.21. The van der Waals surface area contributed by atoms with Gasteiger partial charge in [-0.1, -0.05) is 30.3 Å². The van der Waals surface area contributed by atoms with Gasteiger partial charge in [0.2, 0.25) is 5.91 Å². The van der Waals surface area contributed by atoms with Crippen LogP contribution < -0.4 is 16.3 Å². The predicted octanol–water partition coefficient (Wildman–Crippen LogP) is 2.44. The van der Waals surface area contributed by atoms with Crippen LogP contribution in [0.1, 0.15) is 45.6 Å². The lowest BCUT2D eigenvalue weighted by molar-refractivity contribution is -0.149. The van der Waals surface area contributed by atoms with E-state index in [0.29, 0.717) is 19.3 Å². The number of amides is 3. The zero-order valence-corrected chi connectivity index (χ0v) is 23.0. The number of hydrogen-bond donors (Lipinski definition) is 2. The molecule has 3 amide bonds. The highest BCUT2D eigenvalue weighted by atomic mass is 16.6. The maximum Gasteiger partial charge on any atom is 0.413 e. The van der Waals surface area contributed by atoms with Crippen LogP contribution in [0.5, 0.6) is 0 Å². The third-order valence-corrected chi connectivity index (χ3v) is 6.05.